The molecule has 0 radical (unpaired) electrons. The third-order valence-corrected chi connectivity index (χ3v) is 5.78. The summed E-state index contributed by atoms with van der Waals surface area (Å²) >= 11 is 2.47. The average molecular weight is 334 g/mol. The van der Waals surface area contributed by atoms with Crippen LogP contribution in [-0.4, -0.2) is 10.2 Å². The summed E-state index contributed by atoms with van der Waals surface area (Å²) in [5.41, 5.74) is 0.390. The number of rotatable bonds is 5. The largest absolute Gasteiger partial charge is 0.299 e. The summed E-state index contributed by atoms with van der Waals surface area (Å²) in [6.45, 7) is 8.26. The molecule has 0 aromatic rings. The van der Waals surface area contributed by atoms with Crippen molar-refractivity contribution in [3.63, 3.8) is 0 Å². The van der Waals surface area contributed by atoms with Crippen molar-refractivity contribution < 1.29 is 4.79 Å². The van der Waals surface area contributed by atoms with Gasteiger partial charge in [-0.3, -0.25) is 4.79 Å². The van der Waals surface area contributed by atoms with Crippen molar-refractivity contribution in [3.8, 4) is 0 Å². The monoisotopic (exact) mass is 334 g/mol. The highest BCUT2D eigenvalue weighted by atomic mass is 127. The van der Waals surface area contributed by atoms with Gasteiger partial charge in [0.1, 0.15) is 5.78 Å². The molecule has 0 spiro atoms. The molecule has 3 atom stereocenters. The van der Waals surface area contributed by atoms with E-state index in [0.717, 1.165) is 12.8 Å². The van der Waals surface area contributed by atoms with Crippen LogP contribution >= 0.6 is 22.6 Å². The van der Waals surface area contributed by atoms with Crippen LogP contribution in [0.5, 0.6) is 0 Å². The molecule has 1 fully saturated rings. The molecule has 92 valence electrons. The lowest BCUT2D eigenvalue weighted by Crippen LogP contribution is -2.36. The van der Waals surface area contributed by atoms with E-state index in [4.69, 9.17) is 0 Å². The van der Waals surface area contributed by atoms with Crippen molar-refractivity contribution in [1.82, 2.24) is 0 Å². The van der Waals surface area contributed by atoms with Crippen molar-refractivity contribution in [3.05, 3.63) is 12.7 Å². The minimum Gasteiger partial charge on any atom is -0.299 e. The van der Waals surface area contributed by atoms with E-state index in [1.165, 1.54) is 17.3 Å². The van der Waals surface area contributed by atoms with Gasteiger partial charge in [0.2, 0.25) is 0 Å². The van der Waals surface area contributed by atoms with Crippen LogP contribution in [-0.2, 0) is 4.79 Å². The normalized spacial score (nSPS) is 34.7. The van der Waals surface area contributed by atoms with E-state index in [1.54, 1.807) is 0 Å². The molecule has 0 bridgehead atoms. The zero-order valence-corrected chi connectivity index (χ0v) is 12.6. The summed E-state index contributed by atoms with van der Waals surface area (Å²) in [7, 11) is 0. The zero-order valence-electron chi connectivity index (χ0n) is 10.5. The summed E-state index contributed by atoms with van der Waals surface area (Å²) in [6, 6.07) is 0. The van der Waals surface area contributed by atoms with Gasteiger partial charge in [0.25, 0.3) is 0 Å². The highest BCUT2D eigenvalue weighted by molar-refractivity contribution is 14.1. The number of carbonyl (C=O) groups is 1. The van der Waals surface area contributed by atoms with Gasteiger partial charge < -0.3 is 0 Å². The highest BCUT2D eigenvalue weighted by Gasteiger charge is 2.37. The summed E-state index contributed by atoms with van der Waals surface area (Å²) in [4.78, 5) is 12.1. The molecular formula is C14H23IO. The molecule has 1 rings (SSSR count). The molecule has 1 saturated carbocycles. The lowest BCUT2D eigenvalue weighted by Gasteiger charge is -2.40. The smallest absolute Gasteiger partial charge is 0.136 e. The van der Waals surface area contributed by atoms with Crippen LogP contribution in [0.2, 0.25) is 0 Å². The van der Waals surface area contributed by atoms with Gasteiger partial charge in [-0.05, 0) is 37.0 Å². The molecule has 1 aliphatic carbocycles. The Morgan fingerprint density at radius 1 is 1.62 bits per heavy atom. The quantitative estimate of drug-likeness (QED) is 0.414. The number of halogens is 1. The maximum Gasteiger partial charge on any atom is 0.136 e. The third kappa shape index (κ3) is 3.57. The second-order valence-corrected chi connectivity index (χ2v) is 6.33. The predicted molar refractivity (Wildman–Crippen MR) is 77.9 cm³/mol. The fraction of sp³-hybridized carbons (Fsp3) is 0.786. The van der Waals surface area contributed by atoms with Crippen molar-refractivity contribution in [2.75, 3.05) is 4.43 Å². The zero-order chi connectivity index (χ0) is 12.2. The van der Waals surface area contributed by atoms with Gasteiger partial charge >= 0.3 is 0 Å². The fourth-order valence-corrected chi connectivity index (χ4v) is 3.29. The van der Waals surface area contributed by atoms with Crippen LogP contribution in [0.4, 0.5) is 0 Å². The van der Waals surface area contributed by atoms with Crippen molar-refractivity contribution in [2.24, 2.45) is 17.3 Å². The Hall–Kier alpha value is 0.140. The van der Waals surface area contributed by atoms with Gasteiger partial charge in [0.05, 0.1) is 0 Å². The Morgan fingerprint density at radius 2 is 2.31 bits per heavy atom. The van der Waals surface area contributed by atoms with Gasteiger partial charge in [-0.1, -0.05) is 42.5 Å². The summed E-state index contributed by atoms with van der Waals surface area (Å²) in [6.07, 6.45) is 6.96. The van der Waals surface area contributed by atoms with E-state index in [-0.39, 0.29) is 0 Å². The first-order valence-corrected chi connectivity index (χ1v) is 7.74. The molecule has 2 heteroatoms. The number of allylic oxidation sites excluding steroid dienone is 1. The van der Waals surface area contributed by atoms with E-state index in [1.807, 2.05) is 6.08 Å². The molecular weight excluding hydrogens is 311 g/mol. The second-order valence-electron chi connectivity index (χ2n) is 5.56. The molecule has 0 amide bonds. The number of ketones is 1. The fourth-order valence-electron chi connectivity index (χ4n) is 2.59. The van der Waals surface area contributed by atoms with E-state index < -0.39 is 0 Å². The second kappa shape index (κ2) is 6.18. The molecule has 0 aromatic heterocycles. The summed E-state index contributed by atoms with van der Waals surface area (Å²) in [5, 5.41) is 0. The Morgan fingerprint density at radius 3 is 2.88 bits per heavy atom. The SMILES string of the molecule is C=CCCC(=O)C1CC(C)(CI)CCC1C. The molecule has 0 heterocycles. The lowest BCUT2D eigenvalue weighted by atomic mass is 9.66. The molecule has 16 heavy (non-hydrogen) atoms. The van der Waals surface area contributed by atoms with Crippen molar-refractivity contribution in [2.45, 2.75) is 46.0 Å². The first-order valence-electron chi connectivity index (χ1n) is 6.22. The third-order valence-electron chi connectivity index (χ3n) is 3.93. The maximum atomic E-state index is 12.1. The Kier molecular flexibility index (Phi) is 5.48. The van der Waals surface area contributed by atoms with E-state index >= 15 is 0 Å². The van der Waals surface area contributed by atoms with Gasteiger partial charge in [-0.25, -0.2) is 0 Å². The van der Waals surface area contributed by atoms with E-state index in [2.05, 4.69) is 43.0 Å². The molecule has 0 aromatic carbocycles. The molecule has 1 nitrogen and oxygen atoms in total. The van der Waals surface area contributed by atoms with Crippen molar-refractivity contribution in [1.29, 1.82) is 0 Å². The van der Waals surface area contributed by atoms with Gasteiger partial charge in [-0.15, -0.1) is 6.58 Å². The van der Waals surface area contributed by atoms with Gasteiger partial charge in [0, 0.05) is 16.8 Å². The highest BCUT2D eigenvalue weighted by Crippen LogP contribution is 2.43. The van der Waals surface area contributed by atoms with Crippen LogP contribution in [0.25, 0.3) is 0 Å². The van der Waals surface area contributed by atoms with Crippen LogP contribution in [0.15, 0.2) is 12.7 Å². The predicted octanol–water partition coefficient (Wildman–Crippen LogP) is 4.40. The first kappa shape index (κ1) is 14.2. The molecule has 0 aliphatic heterocycles. The number of alkyl halides is 1. The number of carbonyl (C=O) groups excluding carboxylic acids is 1. The number of hydrogen-bond donors (Lipinski definition) is 0. The molecule has 1 aliphatic rings. The van der Waals surface area contributed by atoms with Crippen molar-refractivity contribution >= 4 is 28.4 Å². The van der Waals surface area contributed by atoms with Crippen LogP contribution in [0.1, 0.15) is 46.0 Å². The van der Waals surface area contributed by atoms with Gasteiger partial charge in [-0.2, -0.15) is 0 Å². The lowest BCUT2D eigenvalue weighted by molar-refractivity contribution is -0.126. The minimum absolute atomic E-state index is 0.300. The summed E-state index contributed by atoms with van der Waals surface area (Å²) in [5.74, 6) is 1.34. The van der Waals surface area contributed by atoms with Crippen LogP contribution in [0, 0.1) is 17.3 Å². The molecule has 3 unspecified atom stereocenters. The Balaban J connectivity index is 2.62. The number of Topliss-reactive ketones (excluding diaryl/α,β-unsaturated/α-hetero) is 1. The minimum atomic E-state index is 0.300. The topological polar surface area (TPSA) is 17.1 Å². The molecule has 0 N–H and O–H groups in total. The standard InChI is InChI=1S/C14H23IO/c1-4-5-6-13(16)12-9-14(3,10-15)8-7-11(12)2/h4,11-12H,1,5-10H2,2-3H3. The molecule has 0 saturated heterocycles. The average Bonchev–Trinajstić information content (AvgIpc) is 2.29. The van der Waals surface area contributed by atoms with E-state index in [0.29, 0.717) is 29.5 Å². The van der Waals surface area contributed by atoms with E-state index in [9.17, 15) is 4.79 Å². The summed E-state index contributed by atoms with van der Waals surface area (Å²) < 4.78 is 1.17. The first-order chi connectivity index (χ1) is 7.52. The Bertz CT molecular complexity index is 261. The van der Waals surface area contributed by atoms with Crippen LogP contribution in [0.3, 0.4) is 0 Å². The van der Waals surface area contributed by atoms with Crippen LogP contribution < -0.4 is 0 Å². The number of hydrogen-bond acceptors (Lipinski definition) is 1. The Labute approximate surface area is 113 Å². The van der Waals surface area contributed by atoms with Gasteiger partial charge in [0.15, 0.2) is 0 Å². The maximum absolute atomic E-state index is 12.1.